The number of rotatable bonds is 2. The average molecular weight is 296 g/mol. The second-order valence-corrected chi connectivity index (χ2v) is 4.69. The van der Waals surface area contributed by atoms with Crippen LogP contribution in [0.4, 0.5) is 16.3 Å². The van der Waals surface area contributed by atoms with Gasteiger partial charge in [0, 0.05) is 11.9 Å². The van der Waals surface area contributed by atoms with Crippen molar-refractivity contribution in [2.24, 2.45) is 0 Å². The van der Waals surface area contributed by atoms with Crippen LogP contribution in [0.25, 0.3) is 0 Å². The number of nitrogens with zero attached hydrogens (tertiary/aromatic N) is 1. The number of pyridine rings is 1. The Kier molecular flexibility index (Phi) is 4.24. The molecule has 0 aliphatic carbocycles. The molecule has 4 nitrogen and oxygen atoms in total. The van der Waals surface area contributed by atoms with Gasteiger partial charge in [-0.3, -0.25) is 5.32 Å². The number of halogens is 2. The van der Waals surface area contributed by atoms with Crippen molar-refractivity contribution in [1.82, 2.24) is 4.98 Å². The molecule has 1 aromatic carbocycles. The molecule has 19 heavy (non-hydrogen) atoms. The van der Waals surface area contributed by atoms with Gasteiger partial charge in [-0.15, -0.1) is 0 Å². The minimum atomic E-state index is -0.389. The van der Waals surface area contributed by atoms with Crippen LogP contribution in [0, 0.1) is 6.92 Å². The Balaban J connectivity index is 2.05. The second kappa shape index (κ2) is 5.91. The van der Waals surface area contributed by atoms with Gasteiger partial charge in [-0.25, -0.2) is 9.78 Å². The maximum absolute atomic E-state index is 11.8. The monoisotopic (exact) mass is 295 g/mol. The first kappa shape index (κ1) is 13.6. The summed E-state index contributed by atoms with van der Waals surface area (Å²) in [5.74, 6) is 0.514. The van der Waals surface area contributed by atoms with E-state index in [1.165, 1.54) is 0 Å². The van der Waals surface area contributed by atoms with Crippen molar-refractivity contribution in [3.05, 3.63) is 52.1 Å². The van der Waals surface area contributed by atoms with Gasteiger partial charge in [0.1, 0.15) is 5.82 Å². The van der Waals surface area contributed by atoms with E-state index >= 15 is 0 Å². The molecule has 2 aromatic rings. The Bertz CT molecular complexity index is 617. The maximum Gasteiger partial charge on any atom is 0.324 e. The minimum Gasteiger partial charge on any atom is -0.308 e. The molecule has 0 unspecified atom stereocenters. The number of urea groups is 1. The molecule has 2 rings (SSSR count). The Morgan fingerprint density at radius 1 is 1.16 bits per heavy atom. The predicted octanol–water partition coefficient (Wildman–Crippen LogP) is 4.34. The summed E-state index contributed by atoms with van der Waals surface area (Å²) in [7, 11) is 0. The lowest BCUT2D eigenvalue weighted by atomic mass is 10.3. The highest BCUT2D eigenvalue weighted by atomic mass is 35.5. The summed E-state index contributed by atoms with van der Waals surface area (Å²) in [6.07, 6.45) is 1.61. The summed E-state index contributed by atoms with van der Waals surface area (Å²) in [4.78, 5) is 15.9. The summed E-state index contributed by atoms with van der Waals surface area (Å²) in [5, 5.41) is 6.13. The molecule has 0 fully saturated rings. The number of carbonyl (C=O) groups excluding carboxylic acids is 1. The highest BCUT2D eigenvalue weighted by Crippen LogP contribution is 2.25. The van der Waals surface area contributed by atoms with Crippen LogP contribution in [-0.2, 0) is 0 Å². The van der Waals surface area contributed by atoms with Crippen LogP contribution >= 0.6 is 23.2 Å². The van der Waals surface area contributed by atoms with Crippen molar-refractivity contribution in [2.75, 3.05) is 10.6 Å². The molecule has 98 valence electrons. The van der Waals surface area contributed by atoms with Crippen LogP contribution in [0.1, 0.15) is 5.56 Å². The van der Waals surface area contributed by atoms with Gasteiger partial charge in [-0.05, 0) is 36.8 Å². The summed E-state index contributed by atoms with van der Waals surface area (Å²) < 4.78 is 0. The normalized spacial score (nSPS) is 10.1. The fraction of sp³-hybridized carbons (Fsp3) is 0.0769. The van der Waals surface area contributed by atoms with Crippen LogP contribution in [0.15, 0.2) is 36.5 Å². The molecular weight excluding hydrogens is 285 g/mol. The molecule has 2 N–H and O–H groups in total. The Hall–Kier alpha value is -1.78. The molecule has 0 radical (unpaired) electrons. The number of amides is 2. The lowest BCUT2D eigenvalue weighted by Gasteiger charge is -2.09. The molecule has 0 spiro atoms. The molecule has 2 amide bonds. The van der Waals surface area contributed by atoms with Crippen molar-refractivity contribution in [2.45, 2.75) is 6.92 Å². The number of benzene rings is 1. The predicted molar refractivity (Wildman–Crippen MR) is 78.1 cm³/mol. The largest absolute Gasteiger partial charge is 0.324 e. The lowest BCUT2D eigenvalue weighted by molar-refractivity contribution is 0.262. The van der Waals surface area contributed by atoms with Gasteiger partial charge < -0.3 is 5.32 Å². The van der Waals surface area contributed by atoms with E-state index in [1.54, 1.807) is 30.5 Å². The van der Waals surface area contributed by atoms with Crippen LogP contribution < -0.4 is 10.6 Å². The minimum absolute atomic E-state index is 0.383. The molecule has 0 saturated carbocycles. The van der Waals surface area contributed by atoms with E-state index in [1.807, 2.05) is 13.0 Å². The molecule has 0 bridgehead atoms. The molecule has 1 aromatic heterocycles. The number of anilines is 2. The third-order valence-electron chi connectivity index (χ3n) is 2.42. The third kappa shape index (κ3) is 3.59. The van der Waals surface area contributed by atoms with E-state index in [-0.39, 0.29) is 6.03 Å². The fourth-order valence-electron chi connectivity index (χ4n) is 1.46. The van der Waals surface area contributed by atoms with Gasteiger partial charge in [0.05, 0.1) is 10.0 Å². The highest BCUT2D eigenvalue weighted by molar-refractivity contribution is 6.42. The molecule has 6 heteroatoms. The fourth-order valence-corrected chi connectivity index (χ4v) is 1.76. The number of hydrogen-bond acceptors (Lipinski definition) is 2. The Morgan fingerprint density at radius 3 is 2.63 bits per heavy atom. The zero-order valence-electron chi connectivity index (χ0n) is 10.1. The van der Waals surface area contributed by atoms with Crippen LogP contribution in [0.2, 0.25) is 10.0 Å². The van der Waals surface area contributed by atoms with Crippen molar-refractivity contribution < 1.29 is 4.79 Å². The summed E-state index contributed by atoms with van der Waals surface area (Å²) in [5.41, 5.74) is 1.44. The quantitative estimate of drug-likeness (QED) is 0.866. The van der Waals surface area contributed by atoms with Gasteiger partial charge in [-0.2, -0.15) is 0 Å². The van der Waals surface area contributed by atoms with Crippen LogP contribution in [-0.4, -0.2) is 11.0 Å². The number of hydrogen-bond donors (Lipinski definition) is 2. The van der Waals surface area contributed by atoms with Crippen molar-refractivity contribution in [1.29, 1.82) is 0 Å². The number of carbonyl (C=O) groups is 1. The van der Waals surface area contributed by atoms with Gasteiger partial charge in [0.25, 0.3) is 0 Å². The summed E-state index contributed by atoms with van der Waals surface area (Å²) in [6, 6.07) is 8.14. The Morgan fingerprint density at radius 2 is 1.95 bits per heavy atom. The lowest BCUT2D eigenvalue weighted by Crippen LogP contribution is -2.20. The number of aryl methyl sites for hydroxylation is 1. The average Bonchev–Trinajstić information content (AvgIpc) is 2.37. The molecule has 0 saturated heterocycles. The van der Waals surface area contributed by atoms with Crippen molar-refractivity contribution >= 4 is 40.7 Å². The highest BCUT2D eigenvalue weighted by Gasteiger charge is 2.06. The van der Waals surface area contributed by atoms with E-state index in [4.69, 9.17) is 23.2 Å². The zero-order valence-corrected chi connectivity index (χ0v) is 11.6. The number of aromatic nitrogens is 1. The molecular formula is C13H11Cl2N3O. The first-order chi connectivity index (χ1) is 9.06. The first-order valence-corrected chi connectivity index (χ1v) is 6.26. The molecule has 0 atom stereocenters. The van der Waals surface area contributed by atoms with E-state index in [0.717, 1.165) is 5.56 Å². The van der Waals surface area contributed by atoms with E-state index in [9.17, 15) is 4.79 Å². The smallest absolute Gasteiger partial charge is 0.308 e. The van der Waals surface area contributed by atoms with E-state index < -0.39 is 0 Å². The summed E-state index contributed by atoms with van der Waals surface area (Å²) in [6.45, 7) is 1.86. The van der Waals surface area contributed by atoms with Gasteiger partial charge in [0.2, 0.25) is 0 Å². The molecule has 0 aliphatic heterocycles. The second-order valence-electron chi connectivity index (χ2n) is 3.88. The SMILES string of the molecule is Cc1cccnc1NC(=O)Nc1ccc(Cl)c(Cl)c1. The zero-order chi connectivity index (χ0) is 13.8. The molecule has 1 heterocycles. The van der Waals surface area contributed by atoms with E-state index in [2.05, 4.69) is 15.6 Å². The van der Waals surface area contributed by atoms with Gasteiger partial charge in [0.15, 0.2) is 0 Å². The topological polar surface area (TPSA) is 54.0 Å². The van der Waals surface area contributed by atoms with Crippen molar-refractivity contribution in [3.8, 4) is 0 Å². The standard InChI is InChI=1S/C13H11Cl2N3O/c1-8-3-2-6-16-12(8)18-13(19)17-9-4-5-10(14)11(15)7-9/h2-7H,1H3,(H2,16,17,18,19). The third-order valence-corrected chi connectivity index (χ3v) is 3.16. The number of nitrogens with one attached hydrogen (secondary N) is 2. The van der Waals surface area contributed by atoms with Crippen molar-refractivity contribution in [3.63, 3.8) is 0 Å². The molecule has 0 aliphatic rings. The summed E-state index contributed by atoms with van der Waals surface area (Å²) >= 11 is 11.7. The van der Waals surface area contributed by atoms with E-state index in [0.29, 0.717) is 21.6 Å². The Labute approximate surface area is 120 Å². The van der Waals surface area contributed by atoms with Crippen LogP contribution in [0.3, 0.4) is 0 Å². The van der Waals surface area contributed by atoms with Gasteiger partial charge >= 0.3 is 6.03 Å². The van der Waals surface area contributed by atoms with Crippen LogP contribution in [0.5, 0.6) is 0 Å². The maximum atomic E-state index is 11.8. The first-order valence-electron chi connectivity index (χ1n) is 5.51. The van der Waals surface area contributed by atoms with Gasteiger partial charge in [-0.1, -0.05) is 29.3 Å².